The van der Waals surface area contributed by atoms with Crippen LogP contribution in [0.1, 0.15) is 0 Å². The molecule has 26 heavy (non-hydrogen) atoms. The highest BCUT2D eigenvalue weighted by Crippen LogP contribution is 2.32. The van der Waals surface area contributed by atoms with Gasteiger partial charge < -0.3 is 10.3 Å². The van der Waals surface area contributed by atoms with E-state index in [2.05, 4.69) is 43.7 Å². The molecule has 0 aliphatic heterocycles. The molecule has 0 atom stereocenters. The summed E-state index contributed by atoms with van der Waals surface area (Å²) < 4.78 is 3.69. The Morgan fingerprint density at radius 2 is 1.96 bits per heavy atom. The molecule has 128 valence electrons. The van der Waals surface area contributed by atoms with Gasteiger partial charge >= 0.3 is 0 Å². The van der Waals surface area contributed by atoms with E-state index in [0.717, 1.165) is 44.5 Å². The van der Waals surface area contributed by atoms with Crippen molar-refractivity contribution < 1.29 is 0 Å². The molecule has 0 fully saturated rings. The number of fused-ring (bicyclic) bond motifs is 2. The predicted octanol–water partition coefficient (Wildman–Crippen LogP) is 3.32. The Kier molecular flexibility index (Phi) is 3.08. The molecule has 5 aromatic heterocycles. The van der Waals surface area contributed by atoms with E-state index in [1.54, 1.807) is 4.68 Å². The van der Waals surface area contributed by atoms with Gasteiger partial charge in [-0.3, -0.25) is 4.68 Å². The van der Waals surface area contributed by atoms with E-state index in [-0.39, 0.29) is 0 Å². The number of aromatic amines is 1. The van der Waals surface area contributed by atoms with Gasteiger partial charge in [0, 0.05) is 54.8 Å². The maximum Gasteiger partial charge on any atom is 0.138 e. The van der Waals surface area contributed by atoms with Gasteiger partial charge in [-0.1, -0.05) is 0 Å². The van der Waals surface area contributed by atoms with Crippen molar-refractivity contribution in [3.63, 3.8) is 0 Å². The van der Waals surface area contributed by atoms with Crippen LogP contribution in [-0.4, -0.2) is 36.4 Å². The number of hydrogen-bond acceptors (Lipinski definition) is 4. The maximum absolute atomic E-state index is 4.47. The number of nitrogens with one attached hydrogen (secondary N) is 2. The Morgan fingerprint density at radius 3 is 2.77 bits per heavy atom. The van der Waals surface area contributed by atoms with Crippen LogP contribution in [0, 0.1) is 0 Å². The molecule has 5 rings (SSSR count). The monoisotopic (exact) mass is 343 g/mol. The number of aryl methyl sites for hydroxylation is 1. The van der Waals surface area contributed by atoms with Crippen LogP contribution >= 0.6 is 0 Å². The summed E-state index contributed by atoms with van der Waals surface area (Å²) in [4.78, 5) is 7.73. The SMILES string of the molecule is CNc1cnc2[nH]cc(-c3ccn4ncc(-c5cnn(C)c5)c4c3)c2c1. The first-order chi connectivity index (χ1) is 12.7. The molecule has 0 amide bonds. The van der Waals surface area contributed by atoms with Crippen LogP contribution in [0.2, 0.25) is 0 Å². The molecule has 0 aromatic carbocycles. The smallest absolute Gasteiger partial charge is 0.138 e. The minimum absolute atomic E-state index is 0.875. The van der Waals surface area contributed by atoms with Gasteiger partial charge in [-0.2, -0.15) is 10.2 Å². The fourth-order valence-electron chi connectivity index (χ4n) is 3.31. The van der Waals surface area contributed by atoms with Gasteiger partial charge in [-0.25, -0.2) is 9.50 Å². The number of anilines is 1. The van der Waals surface area contributed by atoms with Crippen molar-refractivity contribution in [3.05, 3.63) is 55.4 Å². The molecule has 0 radical (unpaired) electrons. The molecule has 0 aliphatic carbocycles. The minimum atomic E-state index is 0.875. The number of aromatic nitrogens is 6. The Bertz CT molecular complexity index is 1240. The van der Waals surface area contributed by atoms with Gasteiger partial charge in [0.2, 0.25) is 0 Å². The first-order valence-corrected chi connectivity index (χ1v) is 8.34. The largest absolute Gasteiger partial charge is 0.387 e. The van der Waals surface area contributed by atoms with Crippen LogP contribution in [0.15, 0.2) is 55.4 Å². The lowest BCUT2D eigenvalue weighted by atomic mass is 10.0. The molecule has 0 bridgehead atoms. The van der Waals surface area contributed by atoms with E-state index in [0.29, 0.717) is 0 Å². The van der Waals surface area contributed by atoms with Gasteiger partial charge in [-0.05, 0) is 23.8 Å². The third-order valence-electron chi connectivity index (χ3n) is 4.67. The third-order valence-corrected chi connectivity index (χ3v) is 4.67. The molecular weight excluding hydrogens is 326 g/mol. The Morgan fingerprint density at radius 1 is 1.04 bits per heavy atom. The van der Waals surface area contributed by atoms with Crippen molar-refractivity contribution in [2.75, 3.05) is 12.4 Å². The van der Waals surface area contributed by atoms with Gasteiger partial charge in [0.1, 0.15) is 5.65 Å². The third kappa shape index (κ3) is 2.17. The summed E-state index contributed by atoms with van der Waals surface area (Å²) in [6, 6.07) is 6.34. The standard InChI is InChI=1S/C19H17N7/c1-20-14-6-15-16(9-22-19(15)21-8-14)12-3-4-26-18(5-12)17(10-24-26)13-7-23-25(2)11-13/h3-11,20H,1-2H3,(H,21,22). The van der Waals surface area contributed by atoms with Crippen LogP contribution in [0.5, 0.6) is 0 Å². The van der Waals surface area contributed by atoms with Crippen molar-refractivity contribution in [1.82, 2.24) is 29.4 Å². The van der Waals surface area contributed by atoms with Crippen LogP contribution in [-0.2, 0) is 7.05 Å². The number of pyridine rings is 2. The zero-order chi connectivity index (χ0) is 17.7. The van der Waals surface area contributed by atoms with Crippen molar-refractivity contribution in [3.8, 4) is 22.3 Å². The molecule has 2 N–H and O–H groups in total. The second-order valence-corrected chi connectivity index (χ2v) is 6.28. The first kappa shape index (κ1) is 14.7. The first-order valence-electron chi connectivity index (χ1n) is 8.34. The van der Waals surface area contributed by atoms with E-state index in [1.165, 1.54) is 0 Å². The zero-order valence-electron chi connectivity index (χ0n) is 14.4. The maximum atomic E-state index is 4.47. The fourth-order valence-corrected chi connectivity index (χ4v) is 3.31. The lowest BCUT2D eigenvalue weighted by Gasteiger charge is -2.04. The van der Waals surface area contributed by atoms with Crippen molar-refractivity contribution in [2.45, 2.75) is 0 Å². The van der Waals surface area contributed by atoms with Crippen molar-refractivity contribution >= 4 is 22.2 Å². The lowest BCUT2D eigenvalue weighted by molar-refractivity contribution is 0.768. The summed E-state index contributed by atoms with van der Waals surface area (Å²) >= 11 is 0. The molecule has 0 spiro atoms. The summed E-state index contributed by atoms with van der Waals surface area (Å²) in [5.74, 6) is 0. The molecular formula is C19H17N7. The summed E-state index contributed by atoms with van der Waals surface area (Å²) in [6.45, 7) is 0. The average molecular weight is 343 g/mol. The lowest BCUT2D eigenvalue weighted by Crippen LogP contribution is -1.89. The molecule has 7 nitrogen and oxygen atoms in total. The Balaban J connectivity index is 1.70. The average Bonchev–Trinajstić information content (AvgIpc) is 3.37. The van der Waals surface area contributed by atoms with Gasteiger partial charge in [0.05, 0.1) is 29.8 Å². The molecule has 0 saturated carbocycles. The highest BCUT2D eigenvalue weighted by Gasteiger charge is 2.12. The summed E-state index contributed by atoms with van der Waals surface area (Å²) in [7, 11) is 3.81. The van der Waals surface area contributed by atoms with Crippen molar-refractivity contribution in [1.29, 1.82) is 0 Å². The normalized spacial score (nSPS) is 11.5. The number of nitrogens with zero attached hydrogens (tertiary/aromatic N) is 5. The minimum Gasteiger partial charge on any atom is -0.387 e. The second kappa shape index (κ2) is 5.45. The fraction of sp³-hybridized carbons (Fsp3) is 0.105. The van der Waals surface area contributed by atoms with E-state index in [4.69, 9.17) is 0 Å². The summed E-state index contributed by atoms with van der Waals surface area (Å²) in [5.41, 5.74) is 7.25. The molecule has 7 heteroatoms. The Labute approximate surface area is 149 Å². The number of rotatable bonds is 3. The molecule has 0 unspecified atom stereocenters. The summed E-state index contributed by atoms with van der Waals surface area (Å²) in [5, 5.41) is 13.0. The molecule has 5 heterocycles. The van der Waals surface area contributed by atoms with Crippen LogP contribution in [0.3, 0.4) is 0 Å². The Hall–Kier alpha value is -3.61. The van der Waals surface area contributed by atoms with E-state index < -0.39 is 0 Å². The second-order valence-electron chi connectivity index (χ2n) is 6.28. The van der Waals surface area contributed by atoms with E-state index in [9.17, 15) is 0 Å². The van der Waals surface area contributed by atoms with Crippen LogP contribution in [0.4, 0.5) is 5.69 Å². The van der Waals surface area contributed by atoms with Gasteiger partial charge in [-0.15, -0.1) is 0 Å². The molecule has 0 saturated heterocycles. The topological polar surface area (TPSA) is 75.8 Å². The zero-order valence-corrected chi connectivity index (χ0v) is 14.4. The van der Waals surface area contributed by atoms with Gasteiger partial charge in [0.25, 0.3) is 0 Å². The predicted molar refractivity (Wildman–Crippen MR) is 102 cm³/mol. The summed E-state index contributed by atoms with van der Waals surface area (Å²) in [6.07, 6.45) is 11.5. The van der Waals surface area contributed by atoms with Crippen LogP contribution < -0.4 is 5.32 Å². The number of hydrogen-bond donors (Lipinski definition) is 2. The molecule has 5 aromatic rings. The highest BCUT2D eigenvalue weighted by molar-refractivity contribution is 5.96. The van der Waals surface area contributed by atoms with Crippen LogP contribution in [0.25, 0.3) is 38.8 Å². The highest BCUT2D eigenvalue weighted by atomic mass is 15.2. The van der Waals surface area contributed by atoms with E-state index in [1.807, 2.05) is 55.8 Å². The quantitative estimate of drug-likeness (QED) is 0.527. The van der Waals surface area contributed by atoms with E-state index >= 15 is 0 Å². The number of H-pyrrole nitrogens is 1. The molecule has 0 aliphatic rings. The van der Waals surface area contributed by atoms with Crippen molar-refractivity contribution in [2.24, 2.45) is 7.05 Å². The van der Waals surface area contributed by atoms with Gasteiger partial charge in [0.15, 0.2) is 0 Å².